The molecule has 106 valence electrons. The first kappa shape index (κ1) is 14.3. The third-order valence-electron chi connectivity index (χ3n) is 3.18. The maximum absolute atomic E-state index is 9.71. The van der Waals surface area contributed by atoms with E-state index in [4.69, 9.17) is 16.1 Å². The molecule has 1 heterocycles. The van der Waals surface area contributed by atoms with Crippen molar-refractivity contribution in [3.8, 4) is 22.6 Å². The number of rotatable bonds is 3. The smallest absolute Gasteiger partial charge is 0.174 e. The molecule has 0 fully saturated rings. The molecule has 0 bridgehead atoms. The van der Waals surface area contributed by atoms with E-state index < -0.39 is 0 Å². The Balaban J connectivity index is 2.13. The molecular formula is C16H11BrClNO2. The van der Waals surface area contributed by atoms with Crippen LogP contribution in [0, 0.1) is 0 Å². The SMILES string of the molecule is OCc1c(-c2ccc(Cl)cc2)noc1-c1ccccc1Br. The van der Waals surface area contributed by atoms with E-state index in [1.165, 1.54) is 0 Å². The zero-order valence-corrected chi connectivity index (χ0v) is 13.2. The van der Waals surface area contributed by atoms with Gasteiger partial charge in [0.1, 0.15) is 5.69 Å². The highest BCUT2D eigenvalue weighted by atomic mass is 79.9. The molecule has 0 unspecified atom stereocenters. The third kappa shape index (κ3) is 2.75. The molecule has 3 nitrogen and oxygen atoms in total. The lowest BCUT2D eigenvalue weighted by molar-refractivity contribution is 0.281. The Labute approximate surface area is 135 Å². The van der Waals surface area contributed by atoms with E-state index in [0.717, 1.165) is 15.6 Å². The Bertz CT molecular complexity index is 768. The summed E-state index contributed by atoms with van der Waals surface area (Å²) in [5.74, 6) is 0.565. The molecule has 2 aromatic carbocycles. The Morgan fingerprint density at radius 1 is 1.10 bits per heavy atom. The molecule has 5 heteroatoms. The number of hydrogen-bond acceptors (Lipinski definition) is 3. The summed E-state index contributed by atoms with van der Waals surface area (Å²) in [5, 5.41) is 14.5. The van der Waals surface area contributed by atoms with Crippen molar-refractivity contribution in [2.75, 3.05) is 0 Å². The fourth-order valence-electron chi connectivity index (χ4n) is 2.15. The molecule has 3 aromatic rings. The van der Waals surface area contributed by atoms with Crippen molar-refractivity contribution >= 4 is 27.5 Å². The quantitative estimate of drug-likeness (QED) is 0.718. The number of hydrogen-bond donors (Lipinski definition) is 1. The van der Waals surface area contributed by atoms with Crippen LogP contribution in [0.3, 0.4) is 0 Å². The molecule has 1 aromatic heterocycles. The summed E-state index contributed by atoms with van der Waals surface area (Å²) in [5.41, 5.74) is 2.99. The predicted molar refractivity (Wildman–Crippen MR) is 86.0 cm³/mol. The maximum atomic E-state index is 9.71. The van der Waals surface area contributed by atoms with Crippen LogP contribution >= 0.6 is 27.5 Å². The summed E-state index contributed by atoms with van der Waals surface area (Å²) < 4.78 is 6.35. The lowest BCUT2D eigenvalue weighted by atomic mass is 10.0. The first-order valence-corrected chi connectivity index (χ1v) is 7.48. The molecule has 0 radical (unpaired) electrons. The Hall–Kier alpha value is -1.62. The number of halogens is 2. The summed E-state index contributed by atoms with van der Waals surface area (Å²) in [6.07, 6.45) is 0. The van der Waals surface area contributed by atoms with Gasteiger partial charge in [-0.1, -0.05) is 57.0 Å². The van der Waals surface area contributed by atoms with Crippen LogP contribution in [0.1, 0.15) is 5.56 Å². The van der Waals surface area contributed by atoms with Gasteiger partial charge in [0.15, 0.2) is 5.76 Å². The molecule has 0 saturated heterocycles. The molecule has 3 rings (SSSR count). The van der Waals surface area contributed by atoms with Crippen molar-refractivity contribution in [3.63, 3.8) is 0 Å². The van der Waals surface area contributed by atoms with E-state index in [0.29, 0.717) is 22.0 Å². The summed E-state index contributed by atoms with van der Waals surface area (Å²) in [4.78, 5) is 0. The van der Waals surface area contributed by atoms with Gasteiger partial charge in [-0.15, -0.1) is 0 Å². The Kier molecular flexibility index (Phi) is 4.10. The molecule has 0 saturated carbocycles. The van der Waals surface area contributed by atoms with Gasteiger partial charge in [0.25, 0.3) is 0 Å². The fraction of sp³-hybridized carbons (Fsp3) is 0.0625. The first-order chi connectivity index (χ1) is 10.2. The van der Waals surface area contributed by atoms with E-state index in [2.05, 4.69) is 21.1 Å². The van der Waals surface area contributed by atoms with E-state index >= 15 is 0 Å². The van der Waals surface area contributed by atoms with Crippen LogP contribution in [0.2, 0.25) is 5.02 Å². The van der Waals surface area contributed by atoms with Gasteiger partial charge < -0.3 is 9.63 Å². The van der Waals surface area contributed by atoms with E-state index in [9.17, 15) is 5.11 Å². The van der Waals surface area contributed by atoms with Gasteiger partial charge >= 0.3 is 0 Å². The molecule has 0 spiro atoms. The van der Waals surface area contributed by atoms with Gasteiger partial charge in [-0.3, -0.25) is 0 Å². The van der Waals surface area contributed by atoms with Crippen molar-refractivity contribution in [3.05, 3.63) is 63.6 Å². The highest BCUT2D eigenvalue weighted by molar-refractivity contribution is 9.10. The zero-order valence-electron chi connectivity index (χ0n) is 10.9. The molecule has 1 N–H and O–H groups in total. The van der Waals surface area contributed by atoms with E-state index in [1.54, 1.807) is 12.1 Å². The maximum Gasteiger partial charge on any atom is 0.174 e. The van der Waals surface area contributed by atoms with Crippen LogP contribution in [0.15, 0.2) is 57.5 Å². The second kappa shape index (κ2) is 6.02. The van der Waals surface area contributed by atoms with E-state index in [1.807, 2.05) is 36.4 Å². The standard InChI is InChI=1S/C16H11BrClNO2/c17-14-4-2-1-3-12(14)16-13(9-20)15(19-21-16)10-5-7-11(18)8-6-10/h1-8,20H,9H2. The van der Waals surface area contributed by atoms with Crippen molar-refractivity contribution in [2.45, 2.75) is 6.61 Å². The lowest BCUT2D eigenvalue weighted by Gasteiger charge is -2.03. The highest BCUT2D eigenvalue weighted by Crippen LogP contribution is 2.36. The van der Waals surface area contributed by atoms with Gasteiger partial charge in [0, 0.05) is 20.6 Å². The average Bonchev–Trinajstić information content (AvgIpc) is 2.92. The number of aromatic nitrogens is 1. The fourth-order valence-corrected chi connectivity index (χ4v) is 2.74. The summed E-state index contributed by atoms with van der Waals surface area (Å²) in [6.45, 7) is -0.155. The second-order valence-electron chi connectivity index (χ2n) is 4.48. The molecule has 0 amide bonds. The summed E-state index contributed by atoms with van der Waals surface area (Å²) in [6, 6.07) is 14.9. The minimum absolute atomic E-state index is 0.155. The summed E-state index contributed by atoms with van der Waals surface area (Å²) in [7, 11) is 0. The Morgan fingerprint density at radius 2 is 1.81 bits per heavy atom. The van der Waals surface area contributed by atoms with Gasteiger partial charge in [0.05, 0.1) is 12.2 Å². The van der Waals surface area contributed by atoms with Crippen LogP contribution in [-0.2, 0) is 6.61 Å². The first-order valence-electron chi connectivity index (χ1n) is 6.31. The van der Waals surface area contributed by atoms with Crippen LogP contribution < -0.4 is 0 Å². The van der Waals surface area contributed by atoms with Gasteiger partial charge in [-0.05, 0) is 24.3 Å². The van der Waals surface area contributed by atoms with Gasteiger partial charge in [0.2, 0.25) is 0 Å². The Morgan fingerprint density at radius 3 is 2.48 bits per heavy atom. The van der Waals surface area contributed by atoms with Crippen LogP contribution in [0.5, 0.6) is 0 Å². The molecule has 0 atom stereocenters. The molecular weight excluding hydrogens is 354 g/mol. The monoisotopic (exact) mass is 363 g/mol. The average molecular weight is 365 g/mol. The number of aliphatic hydroxyl groups is 1. The summed E-state index contributed by atoms with van der Waals surface area (Å²) >= 11 is 9.38. The molecule has 0 aliphatic carbocycles. The van der Waals surface area contributed by atoms with Gasteiger partial charge in [-0.25, -0.2) is 0 Å². The predicted octanol–water partition coefficient (Wildman–Crippen LogP) is 4.92. The molecule has 21 heavy (non-hydrogen) atoms. The minimum atomic E-state index is -0.155. The largest absolute Gasteiger partial charge is 0.391 e. The lowest BCUT2D eigenvalue weighted by Crippen LogP contribution is -1.89. The number of nitrogens with zero attached hydrogens (tertiary/aromatic N) is 1. The normalized spacial score (nSPS) is 10.8. The highest BCUT2D eigenvalue weighted by Gasteiger charge is 2.19. The van der Waals surface area contributed by atoms with Crippen LogP contribution in [-0.4, -0.2) is 10.3 Å². The topological polar surface area (TPSA) is 46.3 Å². The van der Waals surface area contributed by atoms with Crippen LogP contribution in [0.25, 0.3) is 22.6 Å². The second-order valence-corrected chi connectivity index (χ2v) is 5.77. The third-order valence-corrected chi connectivity index (χ3v) is 4.13. The van der Waals surface area contributed by atoms with E-state index in [-0.39, 0.29) is 6.61 Å². The minimum Gasteiger partial charge on any atom is -0.391 e. The zero-order chi connectivity index (χ0) is 14.8. The van der Waals surface area contributed by atoms with Crippen molar-refractivity contribution in [1.29, 1.82) is 0 Å². The van der Waals surface area contributed by atoms with Crippen molar-refractivity contribution in [1.82, 2.24) is 5.16 Å². The molecule has 0 aliphatic heterocycles. The number of benzene rings is 2. The van der Waals surface area contributed by atoms with Crippen molar-refractivity contribution < 1.29 is 9.63 Å². The number of aliphatic hydroxyl groups excluding tert-OH is 1. The van der Waals surface area contributed by atoms with Crippen LogP contribution in [0.4, 0.5) is 0 Å². The van der Waals surface area contributed by atoms with Crippen molar-refractivity contribution in [2.24, 2.45) is 0 Å². The molecule has 0 aliphatic rings. The van der Waals surface area contributed by atoms with Gasteiger partial charge in [-0.2, -0.15) is 0 Å².